The van der Waals surface area contributed by atoms with E-state index in [1.807, 2.05) is 49.4 Å². The first kappa shape index (κ1) is 17.2. The fourth-order valence-corrected chi connectivity index (χ4v) is 3.28. The molecule has 130 valence electrons. The number of benzene rings is 2. The molecule has 0 bridgehead atoms. The van der Waals surface area contributed by atoms with E-state index < -0.39 is 5.41 Å². The summed E-state index contributed by atoms with van der Waals surface area (Å²) in [6, 6.07) is 13.6. The molecule has 1 aliphatic heterocycles. The molecule has 0 aliphatic carbocycles. The molecule has 0 N–H and O–H groups in total. The number of hydrogen-bond donors (Lipinski definition) is 0. The summed E-state index contributed by atoms with van der Waals surface area (Å²) >= 11 is 0. The molecule has 0 fully saturated rings. The van der Waals surface area contributed by atoms with Gasteiger partial charge < -0.3 is 9.47 Å². The maximum Gasteiger partial charge on any atom is 0.231 e. The standard InChI is InChI=1S/C21H22O4/c1-14(22)9-16-10-17(20-19(11-16)24-13-25-20)12-21(3,15(2)23)18-7-5-4-6-8-18/h4-8,10-11H,9,12-13H2,1-3H3. The Morgan fingerprint density at radius 2 is 1.80 bits per heavy atom. The predicted octanol–water partition coefficient (Wildman–Crippen LogP) is 3.64. The molecule has 0 radical (unpaired) electrons. The van der Waals surface area contributed by atoms with Crippen LogP contribution in [0.1, 0.15) is 37.5 Å². The smallest absolute Gasteiger partial charge is 0.231 e. The maximum absolute atomic E-state index is 12.5. The van der Waals surface area contributed by atoms with E-state index in [0.29, 0.717) is 24.3 Å². The van der Waals surface area contributed by atoms with Gasteiger partial charge in [0.05, 0.1) is 5.41 Å². The molecule has 1 aliphatic rings. The Bertz CT molecular complexity index is 810. The van der Waals surface area contributed by atoms with Crippen LogP contribution in [0.15, 0.2) is 42.5 Å². The highest BCUT2D eigenvalue weighted by molar-refractivity contribution is 5.88. The molecule has 1 atom stereocenters. The van der Waals surface area contributed by atoms with Gasteiger partial charge in [0.1, 0.15) is 11.6 Å². The van der Waals surface area contributed by atoms with Gasteiger partial charge in [-0.15, -0.1) is 0 Å². The van der Waals surface area contributed by atoms with Gasteiger partial charge in [0, 0.05) is 6.42 Å². The van der Waals surface area contributed by atoms with Crippen LogP contribution >= 0.6 is 0 Å². The van der Waals surface area contributed by atoms with E-state index in [0.717, 1.165) is 16.7 Å². The van der Waals surface area contributed by atoms with Gasteiger partial charge in [0.15, 0.2) is 11.5 Å². The van der Waals surface area contributed by atoms with Gasteiger partial charge in [0.25, 0.3) is 0 Å². The first-order valence-corrected chi connectivity index (χ1v) is 8.37. The summed E-state index contributed by atoms with van der Waals surface area (Å²) < 4.78 is 11.2. The number of hydrogen-bond acceptors (Lipinski definition) is 4. The van der Waals surface area contributed by atoms with Crippen molar-refractivity contribution in [3.05, 3.63) is 59.2 Å². The molecular formula is C21H22O4. The molecular weight excluding hydrogens is 316 g/mol. The maximum atomic E-state index is 12.5. The number of rotatable bonds is 6. The van der Waals surface area contributed by atoms with Crippen molar-refractivity contribution in [2.45, 2.75) is 39.0 Å². The van der Waals surface area contributed by atoms with E-state index in [9.17, 15) is 9.59 Å². The van der Waals surface area contributed by atoms with Gasteiger partial charge in [-0.1, -0.05) is 36.4 Å². The molecule has 0 saturated carbocycles. The fourth-order valence-electron chi connectivity index (χ4n) is 3.28. The van der Waals surface area contributed by atoms with E-state index in [-0.39, 0.29) is 18.4 Å². The SMILES string of the molecule is CC(=O)Cc1cc(CC(C)(C(C)=O)c2ccccc2)c2c(c1)OCO2. The summed E-state index contributed by atoms with van der Waals surface area (Å²) in [5, 5.41) is 0. The number of Topliss-reactive ketones (excluding diaryl/α,β-unsaturated/α-hetero) is 2. The third kappa shape index (κ3) is 3.43. The van der Waals surface area contributed by atoms with Crippen molar-refractivity contribution in [2.24, 2.45) is 0 Å². The van der Waals surface area contributed by atoms with Crippen LogP contribution < -0.4 is 9.47 Å². The Kier molecular flexibility index (Phi) is 4.62. The third-order valence-electron chi connectivity index (χ3n) is 4.79. The fraction of sp³-hybridized carbons (Fsp3) is 0.333. The first-order valence-electron chi connectivity index (χ1n) is 8.37. The van der Waals surface area contributed by atoms with Crippen molar-refractivity contribution in [3.63, 3.8) is 0 Å². The Balaban J connectivity index is 2.04. The monoisotopic (exact) mass is 338 g/mol. The molecule has 1 heterocycles. The summed E-state index contributed by atoms with van der Waals surface area (Å²) in [6.07, 6.45) is 0.829. The molecule has 1 unspecified atom stereocenters. The lowest BCUT2D eigenvalue weighted by Crippen LogP contribution is -2.33. The normalized spacial score (nSPS) is 14.8. The van der Waals surface area contributed by atoms with Gasteiger partial charge >= 0.3 is 0 Å². The Labute approximate surface area is 147 Å². The highest BCUT2D eigenvalue weighted by Gasteiger charge is 2.34. The molecule has 2 aromatic rings. The van der Waals surface area contributed by atoms with Gasteiger partial charge in [-0.3, -0.25) is 9.59 Å². The minimum atomic E-state index is -0.671. The molecule has 0 spiro atoms. The second kappa shape index (κ2) is 6.71. The van der Waals surface area contributed by atoms with E-state index in [1.54, 1.807) is 13.8 Å². The average Bonchev–Trinajstić information content (AvgIpc) is 3.03. The van der Waals surface area contributed by atoms with E-state index in [1.165, 1.54) is 0 Å². The second-order valence-corrected chi connectivity index (χ2v) is 6.80. The Morgan fingerprint density at radius 3 is 2.44 bits per heavy atom. The lowest BCUT2D eigenvalue weighted by Gasteiger charge is -2.28. The van der Waals surface area contributed by atoms with Crippen molar-refractivity contribution < 1.29 is 19.1 Å². The van der Waals surface area contributed by atoms with Crippen molar-refractivity contribution in [1.29, 1.82) is 0 Å². The van der Waals surface area contributed by atoms with Crippen LogP contribution in [0.3, 0.4) is 0 Å². The van der Waals surface area contributed by atoms with Gasteiger partial charge in [-0.05, 0) is 49.9 Å². The zero-order valence-electron chi connectivity index (χ0n) is 14.8. The van der Waals surface area contributed by atoms with Gasteiger partial charge in [0.2, 0.25) is 6.79 Å². The molecule has 0 saturated heterocycles. The van der Waals surface area contributed by atoms with Crippen LogP contribution in [-0.2, 0) is 27.8 Å². The van der Waals surface area contributed by atoms with Crippen LogP contribution in [-0.4, -0.2) is 18.4 Å². The largest absolute Gasteiger partial charge is 0.454 e. The van der Waals surface area contributed by atoms with Gasteiger partial charge in [-0.25, -0.2) is 0 Å². The van der Waals surface area contributed by atoms with Crippen molar-refractivity contribution in [3.8, 4) is 11.5 Å². The lowest BCUT2D eigenvalue weighted by atomic mass is 9.74. The number of carbonyl (C=O) groups excluding carboxylic acids is 2. The minimum Gasteiger partial charge on any atom is -0.454 e. The van der Waals surface area contributed by atoms with Crippen LogP contribution in [0.4, 0.5) is 0 Å². The summed E-state index contributed by atoms with van der Waals surface area (Å²) in [5.74, 6) is 1.49. The third-order valence-corrected chi connectivity index (χ3v) is 4.79. The highest BCUT2D eigenvalue weighted by Crippen LogP contribution is 2.41. The van der Waals surface area contributed by atoms with E-state index >= 15 is 0 Å². The molecule has 4 nitrogen and oxygen atoms in total. The van der Waals surface area contributed by atoms with Crippen LogP contribution in [0.25, 0.3) is 0 Å². The van der Waals surface area contributed by atoms with Gasteiger partial charge in [-0.2, -0.15) is 0 Å². The van der Waals surface area contributed by atoms with E-state index in [2.05, 4.69) is 0 Å². The van der Waals surface area contributed by atoms with Crippen molar-refractivity contribution in [1.82, 2.24) is 0 Å². The minimum absolute atomic E-state index is 0.0854. The quantitative estimate of drug-likeness (QED) is 0.807. The molecule has 0 aromatic heterocycles. The second-order valence-electron chi connectivity index (χ2n) is 6.80. The van der Waals surface area contributed by atoms with Crippen LogP contribution in [0, 0.1) is 0 Å². The first-order chi connectivity index (χ1) is 11.9. The molecule has 25 heavy (non-hydrogen) atoms. The predicted molar refractivity (Wildman–Crippen MR) is 95.1 cm³/mol. The molecule has 4 heteroatoms. The summed E-state index contributed by atoms with van der Waals surface area (Å²) in [7, 11) is 0. The topological polar surface area (TPSA) is 52.6 Å². The zero-order chi connectivity index (χ0) is 18.0. The number of ether oxygens (including phenoxy) is 2. The number of ketones is 2. The molecule has 2 aromatic carbocycles. The molecule has 0 amide bonds. The summed E-state index contributed by atoms with van der Waals surface area (Å²) in [6.45, 7) is 5.29. The van der Waals surface area contributed by atoms with Crippen LogP contribution in [0.2, 0.25) is 0 Å². The molecule has 3 rings (SSSR count). The Hall–Kier alpha value is -2.62. The summed E-state index contributed by atoms with van der Waals surface area (Å²) in [4.78, 5) is 24.0. The highest BCUT2D eigenvalue weighted by atomic mass is 16.7. The van der Waals surface area contributed by atoms with E-state index in [4.69, 9.17) is 9.47 Å². The number of carbonyl (C=O) groups is 2. The zero-order valence-corrected chi connectivity index (χ0v) is 14.8. The Morgan fingerprint density at radius 1 is 1.08 bits per heavy atom. The number of fused-ring (bicyclic) bond motifs is 1. The average molecular weight is 338 g/mol. The lowest BCUT2D eigenvalue weighted by molar-refractivity contribution is -0.122. The summed E-state index contributed by atoms with van der Waals surface area (Å²) in [5.41, 5.74) is 2.07. The van der Waals surface area contributed by atoms with Crippen molar-refractivity contribution in [2.75, 3.05) is 6.79 Å². The van der Waals surface area contributed by atoms with Crippen LogP contribution in [0.5, 0.6) is 11.5 Å². The van der Waals surface area contributed by atoms with Crippen molar-refractivity contribution >= 4 is 11.6 Å².